The molecule has 1 aromatic carbocycles. The van der Waals surface area contributed by atoms with E-state index in [1.807, 2.05) is 0 Å². The second-order valence-corrected chi connectivity index (χ2v) is 4.96. The monoisotopic (exact) mass is 310 g/mol. The van der Waals surface area contributed by atoms with Gasteiger partial charge in [-0.25, -0.2) is 0 Å². The molecule has 0 saturated carbocycles. The van der Waals surface area contributed by atoms with E-state index >= 15 is 0 Å². The van der Waals surface area contributed by atoms with Crippen molar-refractivity contribution in [3.63, 3.8) is 0 Å². The molecule has 0 fully saturated rings. The minimum Gasteiger partial charge on any atom is -0.505 e. The van der Waals surface area contributed by atoms with Gasteiger partial charge in [-0.2, -0.15) is 0 Å². The molecule has 0 amide bonds. The van der Waals surface area contributed by atoms with Crippen LogP contribution in [0.15, 0.2) is 29.4 Å². The van der Waals surface area contributed by atoms with E-state index in [9.17, 15) is 10.2 Å². The van der Waals surface area contributed by atoms with Crippen molar-refractivity contribution in [2.45, 2.75) is 13.5 Å². The molecule has 0 saturated heterocycles. The van der Waals surface area contributed by atoms with Crippen molar-refractivity contribution in [3.8, 4) is 5.75 Å². The Bertz CT molecular complexity index is 672. The number of aryl methyl sites for hydroxylation is 1. The largest absolute Gasteiger partial charge is 0.505 e. The van der Waals surface area contributed by atoms with E-state index in [1.54, 1.807) is 25.1 Å². The summed E-state index contributed by atoms with van der Waals surface area (Å²) in [6.07, 6.45) is 2.97. The van der Waals surface area contributed by atoms with Crippen molar-refractivity contribution < 1.29 is 10.2 Å². The molecule has 20 heavy (non-hydrogen) atoms. The van der Waals surface area contributed by atoms with Crippen molar-refractivity contribution >= 4 is 35.1 Å². The lowest BCUT2D eigenvalue weighted by Gasteiger charge is -2.07. The maximum Gasteiger partial charge on any atom is 0.145 e. The van der Waals surface area contributed by atoms with Crippen LogP contribution < -0.4 is 0 Å². The SMILES string of the molecule is Cc1ncc(CO)c(C=Nc2ccc(Cl)c(Cl)c2)c1O. The Hall–Kier alpha value is -1.62. The zero-order valence-electron chi connectivity index (χ0n) is 10.6. The Kier molecular flexibility index (Phi) is 4.60. The number of aliphatic hydroxyl groups is 1. The number of nitrogens with zero attached hydrogens (tertiary/aromatic N) is 2. The van der Waals surface area contributed by atoms with Crippen molar-refractivity contribution in [2.75, 3.05) is 0 Å². The fourth-order valence-corrected chi connectivity index (χ4v) is 1.92. The van der Waals surface area contributed by atoms with Crippen molar-refractivity contribution in [2.24, 2.45) is 4.99 Å². The Labute approximate surface area is 126 Å². The summed E-state index contributed by atoms with van der Waals surface area (Å²) in [5.41, 5.74) is 2.00. The molecule has 0 radical (unpaired) electrons. The maximum atomic E-state index is 9.97. The Morgan fingerprint density at radius 3 is 2.70 bits per heavy atom. The number of aromatic nitrogens is 1. The summed E-state index contributed by atoms with van der Waals surface area (Å²) < 4.78 is 0. The van der Waals surface area contributed by atoms with Gasteiger partial charge in [0.2, 0.25) is 0 Å². The number of rotatable bonds is 3. The standard InChI is InChI=1S/C14H12Cl2N2O2/c1-8-14(20)11(9(7-19)5-17-8)6-18-10-2-3-12(15)13(16)4-10/h2-6,19-20H,7H2,1H3. The van der Waals surface area contributed by atoms with Gasteiger partial charge in [0.25, 0.3) is 0 Å². The number of halogens is 2. The number of hydrogen-bond donors (Lipinski definition) is 2. The molecule has 0 aliphatic rings. The smallest absolute Gasteiger partial charge is 0.145 e. The minimum absolute atomic E-state index is 0.000334. The lowest BCUT2D eigenvalue weighted by molar-refractivity contribution is 0.280. The summed E-state index contributed by atoms with van der Waals surface area (Å²) in [7, 11) is 0. The molecule has 0 unspecified atom stereocenters. The molecule has 0 spiro atoms. The minimum atomic E-state index is -0.233. The molecular formula is C14H12Cl2N2O2. The van der Waals surface area contributed by atoms with E-state index in [1.165, 1.54) is 12.4 Å². The van der Waals surface area contributed by atoms with Crippen molar-refractivity contribution in [3.05, 3.63) is 51.3 Å². The molecule has 6 heteroatoms. The third-order valence-electron chi connectivity index (χ3n) is 2.77. The molecule has 0 bridgehead atoms. The molecule has 2 aromatic rings. The van der Waals surface area contributed by atoms with E-state index < -0.39 is 0 Å². The molecule has 4 nitrogen and oxygen atoms in total. The first-order chi connectivity index (χ1) is 9.52. The van der Waals surface area contributed by atoms with E-state index in [-0.39, 0.29) is 12.4 Å². The lowest BCUT2D eigenvalue weighted by Crippen LogP contribution is -1.97. The van der Waals surface area contributed by atoms with E-state index in [0.29, 0.717) is 32.6 Å². The van der Waals surface area contributed by atoms with E-state index in [0.717, 1.165) is 0 Å². The number of hydrogen-bond acceptors (Lipinski definition) is 4. The van der Waals surface area contributed by atoms with Crippen LogP contribution in [0.3, 0.4) is 0 Å². The Morgan fingerprint density at radius 2 is 2.05 bits per heavy atom. The van der Waals surface area contributed by atoms with E-state index in [4.69, 9.17) is 23.2 Å². The van der Waals surface area contributed by atoms with Gasteiger partial charge in [-0.05, 0) is 25.1 Å². The van der Waals surface area contributed by atoms with Gasteiger partial charge in [0.05, 0.1) is 28.0 Å². The van der Waals surface area contributed by atoms with Crippen LogP contribution in [0.1, 0.15) is 16.8 Å². The van der Waals surface area contributed by atoms with Gasteiger partial charge in [-0.1, -0.05) is 23.2 Å². The number of aliphatic imine (C=N–C) groups is 1. The highest BCUT2D eigenvalue weighted by atomic mass is 35.5. The fraction of sp³-hybridized carbons (Fsp3) is 0.143. The van der Waals surface area contributed by atoms with Crippen molar-refractivity contribution in [1.29, 1.82) is 0 Å². The molecule has 104 valence electrons. The third kappa shape index (κ3) is 3.10. The predicted octanol–water partition coefficient (Wildman–Crippen LogP) is 3.65. The molecule has 0 atom stereocenters. The maximum absolute atomic E-state index is 9.97. The summed E-state index contributed by atoms with van der Waals surface area (Å²) in [4.78, 5) is 8.20. The summed E-state index contributed by atoms with van der Waals surface area (Å²) in [6, 6.07) is 4.96. The first kappa shape index (κ1) is 14.8. The van der Waals surface area contributed by atoms with Crippen LogP contribution >= 0.6 is 23.2 Å². The highest BCUT2D eigenvalue weighted by Gasteiger charge is 2.09. The van der Waals surface area contributed by atoms with Crippen LogP contribution in [0.5, 0.6) is 5.75 Å². The molecular weight excluding hydrogens is 299 g/mol. The lowest BCUT2D eigenvalue weighted by atomic mass is 10.1. The Balaban J connectivity index is 2.40. The van der Waals surface area contributed by atoms with E-state index in [2.05, 4.69) is 9.98 Å². The van der Waals surface area contributed by atoms with Gasteiger partial charge in [-0.3, -0.25) is 9.98 Å². The number of pyridine rings is 1. The zero-order valence-corrected chi connectivity index (χ0v) is 12.2. The van der Waals surface area contributed by atoms with Crippen LogP contribution in [-0.2, 0) is 6.61 Å². The van der Waals surface area contributed by atoms with Gasteiger partial charge < -0.3 is 10.2 Å². The second kappa shape index (κ2) is 6.22. The third-order valence-corrected chi connectivity index (χ3v) is 3.51. The van der Waals surface area contributed by atoms with Crippen LogP contribution in [0.2, 0.25) is 10.0 Å². The summed E-state index contributed by atoms with van der Waals surface area (Å²) in [5.74, 6) is 0.000334. The number of aromatic hydroxyl groups is 1. The predicted molar refractivity (Wildman–Crippen MR) is 80.3 cm³/mol. The van der Waals surface area contributed by atoms with Gasteiger partial charge in [0.15, 0.2) is 0 Å². The highest BCUT2D eigenvalue weighted by Crippen LogP contribution is 2.27. The summed E-state index contributed by atoms with van der Waals surface area (Å²) in [6.45, 7) is 1.44. The van der Waals surface area contributed by atoms with Crippen molar-refractivity contribution in [1.82, 2.24) is 4.98 Å². The second-order valence-electron chi connectivity index (χ2n) is 4.15. The molecule has 2 rings (SSSR count). The quantitative estimate of drug-likeness (QED) is 0.850. The van der Waals surface area contributed by atoms with Gasteiger partial charge in [0.1, 0.15) is 5.75 Å². The van der Waals surface area contributed by atoms with Crippen LogP contribution in [-0.4, -0.2) is 21.4 Å². The summed E-state index contributed by atoms with van der Waals surface area (Å²) >= 11 is 11.7. The van der Waals surface area contributed by atoms with Gasteiger partial charge in [-0.15, -0.1) is 0 Å². The average molecular weight is 311 g/mol. The normalized spacial score (nSPS) is 11.2. The molecule has 0 aliphatic carbocycles. The van der Waals surface area contributed by atoms with Gasteiger partial charge in [0, 0.05) is 23.5 Å². The first-order valence-corrected chi connectivity index (χ1v) is 6.56. The van der Waals surface area contributed by atoms with Crippen LogP contribution in [0.4, 0.5) is 5.69 Å². The molecule has 0 aliphatic heterocycles. The highest BCUT2D eigenvalue weighted by molar-refractivity contribution is 6.42. The molecule has 1 aromatic heterocycles. The summed E-state index contributed by atoms with van der Waals surface area (Å²) in [5, 5.41) is 20.1. The number of aliphatic hydroxyl groups excluding tert-OH is 1. The molecule has 1 heterocycles. The topological polar surface area (TPSA) is 65.7 Å². The first-order valence-electron chi connectivity index (χ1n) is 5.80. The van der Waals surface area contributed by atoms with Crippen LogP contribution in [0.25, 0.3) is 0 Å². The average Bonchev–Trinajstić information content (AvgIpc) is 2.44. The number of benzene rings is 1. The van der Waals surface area contributed by atoms with Gasteiger partial charge >= 0.3 is 0 Å². The zero-order chi connectivity index (χ0) is 14.7. The molecule has 2 N–H and O–H groups in total. The Morgan fingerprint density at radius 1 is 1.30 bits per heavy atom. The fourth-order valence-electron chi connectivity index (χ4n) is 1.63. The van der Waals surface area contributed by atoms with Crippen LogP contribution in [0, 0.1) is 6.92 Å².